The van der Waals surface area contributed by atoms with E-state index in [9.17, 15) is 15.0 Å². The van der Waals surface area contributed by atoms with E-state index in [1.165, 1.54) is 12.1 Å². The summed E-state index contributed by atoms with van der Waals surface area (Å²) >= 11 is 0. The number of aromatic hydroxyl groups is 2. The standard InChI is InChI=1S/C18H21NO4/c1-11-4-7-17(23-3)14(8-11)19-18(22)12(2)9-13-5-6-15(20)16(21)10-13/h4-8,10,12,20-21H,9H2,1-3H3,(H,19,22). The third kappa shape index (κ3) is 4.16. The molecule has 0 aromatic heterocycles. The molecule has 1 atom stereocenters. The molecule has 5 heteroatoms. The van der Waals surface area contributed by atoms with Crippen LogP contribution in [-0.2, 0) is 11.2 Å². The van der Waals surface area contributed by atoms with Gasteiger partial charge in [0, 0.05) is 5.92 Å². The number of methoxy groups -OCH3 is 1. The van der Waals surface area contributed by atoms with Gasteiger partial charge in [-0.15, -0.1) is 0 Å². The molecule has 2 aromatic carbocycles. The smallest absolute Gasteiger partial charge is 0.227 e. The molecule has 3 N–H and O–H groups in total. The zero-order valence-electron chi connectivity index (χ0n) is 13.5. The van der Waals surface area contributed by atoms with E-state index in [1.54, 1.807) is 13.2 Å². The minimum Gasteiger partial charge on any atom is -0.504 e. The Balaban J connectivity index is 2.08. The van der Waals surface area contributed by atoms with Gasteiger partial charge in [0.25, 0.3) is 0 Å². The largest absolute Gasteiger partial charge is 0.504 e. The fraction of sp³-hybridized carbons (Fsp3) is 0.278. The average Bonchev–Trinajstić information content (AvgIpc) is 2.51. The quantitative estimate of drug-likeness (QED) is 0.740. The number of carbonyl (C=O) groups is 1. The fourth-order valence-corrected chi connectivity index (χ4v) is 2.32. The fourth-order valence-electron chi connectivity index (χ4n) is 2.32. The lowest BCUT2D eigenvalue weighted by molar-refractivity contribution is -0.119. The van der Waals surface area contributed by atoms with Crippen molar-refractivity contribution in [1.82, 2.24) is 0 Å². The molecule has 0 aliphatic heterocycles. The number of rotatable bonds is 5. The molecule has 2 rings (SSSR count). The normalized spacial score (nSPS) is 11.8. The highest BCUT2D eigenvalue weighted by atomic mass is 16.5. The lowest BCUT2D eigenvalue weighted by Gasteiger charge is -2.15. The summed E-state index contributed by atoms with van der Waals surface area (Å²) in [4.78, 5) is 12.4. The molecule has 1 amide bonds. The van der Waals surface area contributed by atoms with E-state index in [4.69, 9.17) is 4.74 Å². The molecule has 0 heterocycles. The SMILES string of the molecule is COc1ccc(C)cc1NC(=O)C(C)Cc1ccc(O)c(O)c1. The van der Waals surface area contributed by atoms with E-state index in [-0.39, 0.29) is 23.3 Å². The first kappa shape index (κ1) is 16.7. The molecule has 0 bridgehead atoms. The Bertz CT molecular complexity index is 712. The van der Waals surface area contributed by atoms with Gasteiger partial charge in [-0.25, -0.2) is 0 Å². The molecule has 0 fully saturated rings. The van der Waals surface area contributed by atoms with Gasteiger partial charge < -0.3 is 20.3 Å². The Kier molecular flexibility index (Phi) is 5.11. The molecule has 0 saturated heterocycles. The second-order valence-corrected chi connectivity index (χ2v) is 5.62. The predicted octanol–water partition coefficient (Wildman–Crippen LogP) is 3.23. The van der Waals surface area contributed by atoms with Crippen LogP contribution in [0.1, 0.15) is 18.1 Å². The first-order valence-corrected chi connectivity index (χ1v) is 7.37. The third-order valence-corrected chi connectivity index (χ3v) is 3.64. The topological polar surface area (TPSA) is 78.8 Å². The van der Waals surface area contributed by atoms with Gasteiger partial charge in [0.15, 0.2) is 11.5 Å². The Labute approximate surface area is 135 Å². The maximum Gasteiger partial charge on any atom is 0.227 e. The van der Waals surface area contributed by atoms with Gasteiger partial charge in [-0.1, -0.05) is 19.1 Å². The van der Waals surface area contributed by atoms with Crippen LogP contribution in [0.2, 0.25) is 0 Å². The van der Waals surface area contributed by atoms with Crippen LogP contribution in [0.5, 0.6) is 17.2 Å². The summed E-state index contributed by atoms with van der Waals surface area (Å²) in [5, 5.41) is 21.7. The number of benzene rings is 2. The van der Waals surface area contributed by atoms with Crippen LogP contribution in [0, 0.1) is 12.8 Å². The van der Waals surface area contributed by atoms with Crippen molar-refractivity contribution in [2.24, 2.45) is 5.92 Å². The van der Waals surface area contributed by atoms with Crippen molar-refractivity contribution < 1.29 is 19.7 Å². The number of carbonyl (C=O) groups excluding carboxylic acids is 1. The molecule has 0 spiro atoms. The third-order valence-electron chi connectivity index (χ3n) is 3.64. The van der Waals surface area contributed by atoms with E-state index in [0.29, 0.717) is 17.9 Å². The van der Waals surface area contributed by atoms with Crippen LogP contribution >= 0.6 is 0 Å². The average molecular weight is 315 g/mol. The minimum absolute atomic E-state index is 0.138. The Morgan fingerprint density at radius 1 is 1.17 bits per heavy atom. The second kappa shape index (κ2) is 7.05. The highest BCUT2D eigenvalue weighted by molar-refractivity contribution is 5.94. The zero-order valence-corrected chi connectivity index (χ0v) is 13.5. The van der Waals surface area contributed by atoms with Crippen molar-refractivity contribution in [3.05, 3.63) is 47.5 Å². The first-order valence-electron chi connectivity index (χ1n) is 7.37. The van der Waals surface area contributed by atoms with Crippen LogP contribution in [0.25, 0.3) is 0 Å². The number of hydrogen-bond acceptors (Lipinski definition) is 4. The van der Waals surface area contributed by atoms with Gasteiger partial charge in [0.2, 0.25) is 5.91 Å². The monoisotopic (exact) mass is 315 g/mol. The van der Waals surface area contributed by atoms with Gasteiger partial charge in [-0.05, 0) is 48.7 Å². The van der Waals surface area contributed by atoms with E-state index in [1.807, 2.05) is 32.0 Å². The highest BCUT2D eigenvalue weighted by Gasteiger charge is 2.16. The molecule has 0 radical (unpaired) electrons. The van der Waals surface area contributed by atoms with Crippen LogP contribution in [0.3, 0.4) is 0 Å². The number of ether oxygens (including phenoxy) is 1. The molecule has 1 unspecified atom stereocenters. The molecule has 23 heavy (non-hydrogen) atoms. The number of phenols is 2. The maximum absolute atomic E-state index is 12.4. The number of phenolic OH excluding ortho intramolecular Hbond substituents is 2. The van der Waals surface area contributed by atoms with Crippen molar-refractivity contribution in [1.29, 1.82) is 0 Å². The number of hydrogen-bond donors (Lipinski definition) is 3. The van der Waals surface area contributed by atoms with E-state index in [0.717, 1.165) is 11.1 Å². The molecule has 5 nitrogen and oxygen atoms in total. The number of amides is 1. The first-order chi connectivity index (χ1) is 10.9. The highest BCUT2D eigenvalue weighted by Crippen LogP contribution is 2.28. The van der Waals surface area contributed by atoms with E-state index in [2.05, 4.69) is 5.32 Å². The molecule has 122 valence electrons. The van der Waals surface area contributed by atoms with E-state index < -0.39 is 0 Å². The van der Waals surface area contributed by atoms with Crippen molar-refractivity contribution >= 4 is 11.6 Å². The van der Waals surface area contributed by atoms with Gasteiger partial charge >= 0.3 is 0 Å². The summed E-state index contributed by atoms with van der Waals surface area (Å²) in [5.74, 6) is -0.185. The molecule has 0 aliphatic rings. The molecule has 0 saturated carbocycles. The summed E-state index contributed by atoms with van der Waals surface area (Å²) in [6.07, 6.45) is 0.452. The van der Waals surface area contributed by atoms with Crippen LogP contribution in [0.15, 0.2) is 36.4 Å². The predicted molar refractivity (Wildman–Crippen MR) is 89.0 cm³/mol. The molecule has 0 aliphatic carbocycles. The Hall–Kier alpha value is -2.69. The van der Waals surface area contributed by atoms with Gasteiger partial charge in [-0.2, -0.15) is 0 Å². The lowest BCUT2D eigenvalue weighted by atomic mass is 9.99. The van der Waals surface area contributed by atoms with Gasteiger partial charge in [0.1, 0.15) is 5.75 Å². The van der Waals surface area contributed by atoms with Crippen LogP contribution in [0.4, 0.5) is 5.69 Å². The molecule has 2 aromatic rings. The molecular weight excluding hydrogens is 294 g/mol. The van der Waals surface area contributed by atoms with Crippen molar-refractivity contribution in [2.45, 2.75) is 20.3 Å². The van der Waals surface area contributed by atoms with Gasteiger partial charge in [0.05, 0.1) is 12.8 Å². The van der Waals surface area contributed by atoms with Crippen LogP contribution in [-0.4, -0.2) is 23.2 Å². The Morgan fingerprint density at radius 3 is 2.57 bits per heavy atom. The second-order valence-electron chi connectivity index (χ2n) is 5.62. The summed E-state index contributed by atoms with van der Waals surface area (Å²) in [6, 6.07) is 10.2. The van der Waals surface area contributed by atoms with Crippen LogP contribution < -0.4 is 10.1 Å². The van der Waals surface area contributed by atoms with Crippen molar-refractivity contribution in [3.8, 4) is 17.2 Å². The summed E-state index contributed by atoms with van der Waals surface area (Å²) in [5.41, 5.74) is 2.44. The summed E-state index contributed by atoms with van der Waals surface area (Å²) in [6.45, 7) is 3.75. The maximum atomic E-state index is 12.4. The number of aryl methyl sites for hydroxylation is 1. The Morgan fingerprint density at radius 2 is 1.91 bits per heavy atom. The summed E-state index contributed by atoms with van der Waals surface area (Å²) < 4.78 is 5.25. The minimum atomic E-state index is -0.302. The lowest BCUT2D eigenvalue weighted by Crippen LogP contribution is -2.22. The summed E-state index contributed by atoms with van der Waals surface area (Å²) in [7, 11) is 1.56. The van der Waals surface area contributed by atoms with Crippen molar-refractivity contribution in [3.63, 3.8) is 0 Å². The number of nitrogens with one attached hydrogen (secondary N) is 1. The van der Waals surface area contributed by atoms with Gasteiger partial charge in [-0.3, -0.25) is 4.79 Å². The molecular formula is C18H21NO4. The number of anilines is 1. The van der Waals surface area contributed by atoms with Crippen molar-refractivity contribution in [2.75, 3.05) is 12.4 Å². The van der Waals surface area contributed by atoms with E-state index >= 15 is 0 Å². The zero-order chi connectivity index (χ0) is 17.0.